The molecule has 3 heterocycles. The SMILES string of the molecule is CC[C@]1(C(F)F)C[C@H]2CC[C@H](c3cncc(C)c3)N2C1=O. The standard InChI is InChI=1S/C16H20F2N2O/c1-3-16(14(17)18)7-12-4-5-13(20(12)15(16)21)11-6-10(2)8-19-9-11/h6,8-9,12-14H,3-5,7H2,1-2H3/t12-,13-,16-/m1/s1. The lowest BCUT2D eigenvalue weighted by atomic mass is 9.81. The summed E-state index contributed by atoms with van der Waals surface area (Å²) < 4.78 is 27.0. The first-order valence-electron chi connectivity index (χ1n) is 7.52. The predicted molar refractivity (Wildman–Crippen MR) is 74.9 cm³/mol. The molecule has 0 unspecified atom stereocenters. The van der Waals surface area contributed by atoms with E-state index in [1.165, 1.54) is 0 Å². The maximum Gasteiger partial charge on any atom is 0.252 e. The molecule has 0 radical (unpaired) electrons. The van der Waals surface area contributed by atoms with Crippen LogP contribution in [0.4, 0.5) is 8.78 Å². The van der Waals surface area contributed by atoms with Gasteiger partial charge in [-0.1, -0.05) is 13.0 Å². The molecule has 2 aliphatic heterocycles. The lowest BCUT2D eigenvalue weighted by Crippen LogP contribution is -2.40. The summed E-state index contributed by atoms with van der Waals surface area (Å²) in [5.74, 6) is -0.367. The monoisotopic (exact) mass is 294 g/mol. The summed E-state index contributed by atoms with van der Waals surface area (Å²) in [6.07, 6.45) is 3.06. The van der Waals surface area contributed by atoms with E-state index in [-0.39, 0.29) is 30.8 Å². The van der Waals surface area contributed by atoms with E-state index in [4.69, 9.17) is 0 Å². The van der Waals surface area contributed by atoms with Crippen LogP contribution in [0.25, 0.3) is 0 Å². The zero-order valence-corrected chi connectivity index (χ0v) is 12.4. The summed E-state index contributed by atoms with van der Waals surface area (Å²) in [7, 11) is 0. The Morgan fingerprint density at radius 3 is 2.81 bits per heavy atom. The summed E-state index contributed by atoms with van der Waals surface area (Å²) >= 11 is 0. The van der Waals surface area contributed by atoms with Gasteiger partial charge in [0.05, 0.1) is 6.04 Å². The average Bonchev–Trinajstić information content (AvgIpc) is 2.98. The molecule has 2 aliphatic rings. The van der Waals surface area contributed by atoms with Gasteiger partial charge in [0, 0.05) is 18.4 Å². The second-order valence-corrected chi connectivity index (χ2v) is 6.27. The fraction of sp³-hybridized carbons (Fsp3) is 0.625. The van der Waals surface area contributed by atoms with Gasteiger partial charge in [0.25, 0.3) is 6.43 Å². The number of nitrogens with zero attached hydrogens (tertiary/aromatic N) is 2. The number of amides is 1. The molecule has 3 rings (SSSR count). The minimum Gasteiger partial charge on any atom is -0.332 e. The van der Waals surface area contributed by atoms with Crippen LogP contribution < -0.4 is 0 Å². The van der Waals surface area contributed by atoms with Crippen LogP contribution in [0.15, 0.2) is 18.5 Å². The molecule has 0 aromatic carbocycles. The Balaban J connectivity index is 1.94. The second kappa shape index (κ2) is 5.04. The first kappa shape index (κ1) is 14.4. The smallest absolute Gasteiger partial charge is 0.252 e. The van der Waals surface area contributed by atoms with Crippen molar-refractivity contribution >= 4 is 5.91 Å². The van der Waals surface area contributed by atoms with Crippen LogP contribution >= 0.6 is 0 Å². The third-order valence-corrected chi connectivity index (χ3v) is 5.09. The zero-order chi connectivity index (χ0) is 15.2. The number of hydrogen-bond acceptors (Lipinski definition) is 2. The Morgan fingerprint density at radius 2 is 2.19 bits per heavy atom. The molecule has 1 aromatic rings. The number of alkyl halides is 2. The van der Waals surface area contributed by atoms with E-state index in [9.17, 15) is 13.6 Å². The molecule has 0 saturated carbocycles. The fourth-order valence-electron chi connectivity index (χ4n) is 3.88. The van der Waals surface area contributed by atoms with Gasteiger partial charge in [0.1, 0.15) is 5.41 Å². The highest BCUT2D eigenvalue weighted by atomic mass is 19.3. The third-order valence-electron chi connectivity index (χ3n) is 5.09. The van der Waals surface area contributed by atoms with Crippen LogP contribution in [0.1, 0.15) is 49.8 Å². The van der Waals surface area contributed by atoms with Crippen molar-refractivity contribution < 1.29 is 13.6 Å². The number of aromatic nitrogens is 1. The fourth-order valence-corrected chi connectivity index (χ4v) is 3.88. The Hall–Kier alpha value is -1.52. The zero-order valence-electron chi connectivity index (χ0n) is 12.4. The van der Waals surface area contributed by atoms with Crippen LogP contribution in [0.3, 0.4) is 0 Å². The summed E-state index contributed by atoms with van der Waals surface area (Å²) in [6, 6.07) is 1.86. The number of rotatable bonds is 3. The lowest BCUT2D eigenvalue weighted by Gasteiger charge is -2.29. The highest BCUT2D eigenvalue weighted by Crippen LogP contribution is 2.52. The van der Waals surface area contributed by atoms with Crippen molar-refractivity contribution in [2.45, 2.75) is 58.0 Å². The first-order chi connectivity index (χ1) is 9.99. The predicted octanol–water partition coefficient (Wildman–Crippen LogP) is 3.49. The van der Waals surface area contributed by atoms with Crippen molar-refractivity contribution in [1.29, 1.82) is 0 Å². The molecular weight excluding hydrogens is 274 g/mol. The average molecular weight is 294 g/mol. The van der Waals surface area contributed by atoms with E-state index in [1.54, 1.807) is 24.2 Å². The van der Waals surface area contributed by atoms with Crippen molar-refractivity contribution in [2.75, 3.05) is 0 Å². The molecule has 3 atom stereocenters. The molecule has 1 amide bonds. The summed E-state index contributed by atoms with van der Waals surface area (Å²) in [6.45, 7) is 3.64. The summed E-state index contributed by atoms with van der Waals surface area (Å²) in [5.41, 5.74) is 0.519. The number of aryl methyl sites for hydroxylation is 1. The molecule has 5 heteroatoms. The largest absolute Gasteiger partial charge is 0.332 e. The van der Waals surface area contributed by atoms with Crippen LogP contribution in [0.2, 0.25) is 0 Å². The molecule has 0 aliphatic carbocycles. The normalized spacial score (nSPS) is 32.0. The Kier molecular flexibility index (Phi) is 3.46. The number of pyridine rings is 1. The van der Waals surface area contributed by atoms with Crippen molar-refractivity contribution in [3.05, 3.63) is 29.6 Å². The van der Waals surface area contributed by atoms with Crippen LogP contribution in [0.5, 0.6) is 0 Å². The van der Waals surface area contributed by atoms with Gasteiger partial charge in [0.15, 0.2) is 0 Å². The number of hydrogen-bond donors (Lipinski definition) is 0. The molecule has 0 bridgehead atoms. The molecule has 2 fully saturated rings. The number of carbonyl (C=O) groups excluding carboxylic acids is 1. The van der Waals surface area contributed by atoms with Crippen molar-refractivity contribution in [3.63, 3.8) is 0 Å². The van der Waals surface area contributed by atoms with E-state index in [0.29, 0.717) is 0 Å². The van der Waals surface area contributed by atoms with E-state index < -0.39 is 11.8 Å². The third kappa shape index (κ3) is 2.05. The number of halogens is 2. The van der Waals surface area contributed by atoms with Gasteiger partial charge in [-0.05, 0) is 43.7 Å². The van der Waals surface area contributed by atoms with E-state index in [2.05, 4.69) is 4.98 Å². The molecule has 0 N–H and O–H groups in total. The van der Waals surface area contributed by atoms with Gasteiger partial charge in [-0.2, -0.15) is 0 Å². The van der Waals surface area contributed by atoms with E-state index in [0.717, 1.165) is 24.0 Å². The quantitative estimate of drug-likeness (QED) is 0.855. The topological polar surface area (TPSA) is 33.2 Å². The molecule has 114 valence electrons. The molecule has 1 aromatic heterocycles. The van der Waals surface area contributed by atoms with E-state index >= 15 is 0 Å². The lowest BCUT2D eigenvalue weighted by molar-refractivity contribution is -0.146. The van der Waals surface area contributed by atoms with Gasteiger partial charge in [-0.15, -0.1) is 0 Å². The van der Waals surface area contributed by atoms with Crippen molar-refractivity contribution in [2.24, 2.45) is 5.41 Å². The highest BCUT2D eigenvalue weighted by Gasteiger charge is 2.59. The summed E-state index contributed by atoms with van der Waals surface area (Å²) in [4.78, 5) is 18.6. The van der Waals surface area contributed by atoms with Crippen molar-refractivity contribution in [3.8, 4) is 0 Å². The number of fused-ring (bicyclic) bond motifs is 1. The Bertz CT molecular complexity index is 563. The highest BCUT2D eigenvalue weighted by molar-refractivity contribution is 5.86. The van der Waals surface area contributed by atoms with Gasteiger partial charge >= 0.3 is 0 Å². The van der Waals surface area contributed by atoms with Crippen LogP contribution in [-0.4, -0.2) is 28.3 Å². The van der Waals surface area contributed by atoms with Crippen molar-refractivity contribution in [1.82, 2.24) is 9.88 Å². The molecule has 0 spiro atoms. The van der Waals surface area contributed by atoms with Gasteiger partial charge in [0.2, 0.25) is 5.91 Å². The number of carbonyl (C=O) groups is 1. The maximum atomic E-state index is 13.5. The Morgan fingerprint density at radius 1 is 1.43 bits per heavy atom. The van der Waals surface area contributed by atoms with Gasteiger partial charge < -0.3 is 4.90 Å². The van der Waals surface area contributed by atoms with Gasteiger partial charge in [-0.3, -0.25) is 9.78 Å². The molecule has 21 heavy (non-hydrogen) atoms. The molecule has 3 nitrogen and oxygen atoms in total. The first-order valence-corrected chi connectivity index (χ1v) is 7.52. The summed E-state index contributed by atoms with van der Waals surface area (Å²) in [5, 5.41) is 0. The maximum absolute atomic E-state index is 13.5. The minimum atomic E-state index is -2.59. The Labute approximate surface area is 123 Å². The minimum absolute atomic E-state index is 0.0445. The molecule has 2 saturated heterocycles. The van der Waals surface area contributed by atoms with Gasteiger partial charge in [-0.25, -0.2) is 8.78 Å². The van der Waals surface area contributed by atoms with E-state index in [1.807, 2.05) is 13.0 Å². The van der Waals surface area contributed by atoms with Crippen LogP contribution in [0, 0.1) is 12.3 Å². The second-order valence-electron chi connectivity index (χ2n) is 6.27. The molecular formula is C16H20F2N2O. The van der Waals surface area contributed by atoms with Crippen LogP contribution in [-0.2, 0) is 4.79 Å².